The number of hydrogen-bond donors (Lipinski definition) is 6. The first-order chi connectivity index (χ1) is 6.04. The number of likely N-dealkylation sites (N-methyl/N-ethyl adjacent to an activating group) is 1. The Morgan fingerprint density at radius 2 is 1.77 bits per heavy atom. The van der Waals surface area contributed by atoms with Crippen LogP contribution in [0, 0.1) is 0 Å². The van der Waals surface area contributed by atoms with Crippen molar-refractivity contribution in [1.82, 2.24) is 5.32 Å². The van der Waals surface area contributed by atoms with E-state index in [-0.39, 0.29) is 6.54 Å². The predicted octanol–water partition coefficient (Wildman–Crippen LogP) is -3.39. The quantitative estimate of drug-likeness (QED) is 0.262. The summed E-state index contributed by atoms with van der Waals surface area (Å²) in [5.41, 5.74) is 5.35. The van der Waals surface area contributed by atoms with Crippen LogP contribution in [-0.4, -0.2) is 65.0 Å². The smallest absolute Gasteiger partial charge is 0.0988 e. The zero-order chi connectivity index (χ0) is 10.4. The van der Waals surface area contributed by atoms with Crippen molar-refractivity contribution in [2.75, 3.05) is 20.2 Å². The van der Waals surface area contributed by atoms with E-state index in [0.29, 0.717) is 0 Å². The molecule has 7 N–H and O–H groups in total. The summed E-state index contributed by atoms with van der Waals surface area (Å²) in [4.78, 5) is 0. The van der Waals surface area contributed by atoms with Crippen LogP contribution in [0.2, 0.25) is 0 Å². The van der Waals surface area contributed by atoms with Crippen LogP contribution in [-0.2, 0) is 0 Å². The van der Waals surface area contributed by atoms with E-state index < -0.39 is 31.0 Å². The minimum Gasteiger partial charge on any atom is -0.394 e. The first-order valence-electron chi connectivity index (χ1n) is 4.09. The fourth-order valence-electron chi connectivity index (χ4n) is 0.936. The molecule has 0 aromatic carbocycles. The number of rotatable bonds is 6. The van der Waals surface area contributed by atoms with Crippen molar-refractivity contribution in [3.63, 3.8) is 0 Å². The number of aliphatic hydroxyl groups excluding tert-OH is 4. The maximum absolute atomic E-state index is 9.33. The summed E-state index contributed by atoms with van der Waals surface area (Å²) in [6.07, 6.45) is -3.53. The number of nitrogens with one attached hydrogen (secondary N) is 1. The number of hydrogen-bond acceptors (Lipinski definition) is 6. The second-order valence-electron chi connectivity index (χ2n) is 2.94. The topological polar surface area (TPSA) is 119 Å². The molecule has 0 saturated heterocycles. The molecule has 6 nitrogen and oxygen atoms in total. The fourth-order valence-corrected chi connectivity index (χ4v) is 0.936. The monoisotopic (exact) mass is 194 g/mol. The Morgan fingerprint density at radius 1 is 1.23 bits per heavy atom. The standard InChI is InChI=1S/C7H18N2O4/c1-9-2-4(11)7(13)6(8)5(12)3-10/h4-7,9-13H,2-3,8H2,1H3. The molecular formula is C7H18N2O4. The van der Waals surface area contributed by atoms with Crippen molar-refractivity contribution in [1.29, 1.82) is 0 Å². The van der Waals surface area contributed by atoms with Gasteiger partial charge in [-0.25, -0.2) is 0 Å². The van der Waals surface area contributed by atoms with Gasteiger partial charge in [0.05, 0.1) is 31.0 Å². The van der Waals surface area contributed by atoms with Crippen molar-refractivity contribution in [2.45, 2.75) is 24.4 Å². The largest absolute Gasteiger partial charge is 0.394 e. The van der Waals surface area contributed by atoms with Crippen LogP contribution in [0.5, 0.6) is 0 Å². The molecule has 0 spiro atoms. The van der Waals surface area contributed by atoms with Crippen LogP contribution in [0.25, 0.3) is 0 Å². The van der Waals surface area contributed by atoms with Gasteiger partial charge in [0, 0.05) is 6.54 Å². The van der Waals surface area contributed by atoms with Gasteiger partial charge in [0.25, 0.3) is 0 Å². The molecule has 13 heavy (non-hydrogen) atoms. The lowest BCUT2D eigenvalue weighted by molar-refractivity contribution is -0.0375. The molecule has 0 aliphatic carbocycles. The molecule has 0 fully saturated rings. The second-order valence-corrected chi connectivity index (χ2v) is 2.94. The molecule has 0 aromatic rings. The molecule has 4 unspecified atom stereocenters. The highest BCUT2D eigenvalue weighted by atomic mass is 16.3. The summed E-state index contributed by atoms with van der Waals surface area (Å²) in [6.45, 7) is -0.364. The average Bonchev–Trinajstić information content (AvgIpc) is 2.14. The zero-order valence-corrected chi connectivity index (χ0v) is 7.59. The van der Waals surface area contributed by atoms with Gasteiger partial charge in [0.1, 0.15) is 0 Å². The second kappa shape index (κ2) is 6.25. The van der Waals surface area contributed by atoms with Gasteiger partial charge in [0.2, 0.25) is 0 Å². The summed E-state index contributed by atoms with van der Waals surface area (Å²) < 4.78 is 0. The minimum absolute atomic E-state index is 0.174. The highest BCUT2D eigenvalue weighted by molar-refractivity contribution is 4.84. The fraction of sp³-hybridized carbons (Fsp3) is 1.00. The molecule has 6 heteroatoms. The lowest BCUT2D eigenvalue weighted by Gasteiger charge is -2.26. The van der Waals surface area contributed by atoms with Crippen LogP contribution in [0.3, 0.4) is 0 Å². The Labute approximate surface area is 77.0 Å². The predicted molar refractivity (Wildman–Crippen MR) is 47.0 cm³/mol. The Bertz CT molecular complexity index is 136. The molecule has 80 valence electrons. The van der Waals surface area contributed by atoms with Gasteiger partial charge in [-0.05, 0) is 7.05 Å². The molecule has 0 aromatic heterocycles. The Kier molecular flexibility index (Phi) is 6.13. The summed E-state index contributed by atoms with van der Waals surface area (Å²) in [5.74, 6) is 0. The van der Waals surface area contributed by atoms with Crippen molar-refractivity contribution >= 4 is 0 Å². The number of aliphatic hydroxyl groups is 4. The van der Waals surface area contributed by atoms with E-state index in [9.17, 15) is 10.2 Å². The van der Waals surface area contributed by atoms with Crippen molar-refractivity contribution < 1.29 is 20.4 Å². The maximum Gasteiger partial charge on any atom is 0.0988 e. The molecule has 4 atom stereocenters. The van der Waals surface area contributed by atoms with Crippen LogP contribution in [0.15, 0.2) is 0 Å². The van der Waals surface area contributed by atoms with E-state index in [1.54, 1.807) is 7.05 Å². The third-order valence-electron chi connectivity index (χ3n) is 1.83. The highest BCUT2D eigenvalue weighted by Crippen LogP contribution is 2.01. The maximum atomic E-state index is 9.33. The van der Waals surface area contributed by atoms with Gasteiger partial charge in [-0.3, -0.25) is 0 Å². The van der Waals surface area contributed by atoms with E-state index in [1.165, 1.54) is 0 Å². The lowest BCUT2D eigenvalue weighted by atomic mass is 10.0. The molecule has 0 bridgehead atoms. The van der Waals surface area contributed by atoms with E-state index >= 15 is 0 Å². The summed E-state index contributed by atoms with van der Waals surface area (Å²) >= 11 is 0. The summed E-state index contributed by atoms with van der Waals surface area (Å²) in [7, 11) is 1.62. The minimum atomic E-state index is -1.25. The van der Waals surface area contributed by atoms with Crippen LogP contribution in [0.4, 0.5) is 0 Å². The van der Waals surface area contributed by atoms with Gasteiger partial charge >= 0.3 is 0 Å². The zero-order valence-electron chi connectivity index (χ0n) is 7.59. The van der Waals surface area contributed by atoms with E-state index in [4.69, 9.17) is 15.9 Å². The first kappa shape index (κ1) is 12.8. The Morgan fingerprint density at radius 3 is 2.15 bits per heavy atom. The van der Waals surface area contributed by atoms with Crippen molar-refractivity contribution in [3.05, 3.63) is 0 Å². The van der Waals surface area contributed by atoms with Gasteiger partial charge < -0.3 is 31.5 Å². The normalized spacial score (nSPS) is 20.8. The first-order valence-corrected chi connectivity index (χ1v) is 4.09. The molecular weight excluding hydrogens is 176 g/mol. The molecule has 0 radical (unpaired) electrons. The molecule has 0 amide bonds. The van der Waals surface area contributed by atoms with E-state index in [2.05, 4.69) is 5.32 Å². The number of nitrogens with two attached hydrogens (primary N) is 1. The third kappa shape index (κ3) is 3.99. The van der Waals surface area contributed by atoms with Gasteiger partial charge in [-0.2, -0.15) is 0 Å². The molecule has 0 saturated carbocycles. The van der Waals surface area contributed by atoms with E-state index in [1.807, 2.05) is 0 Å². The third-order valence-corrected chi connectivity index (χ3v) is 1.83. The van der Waals surface area contributed by atoms with Gasteiger partial charge in [-0.1, -0.05) is 0 Å². The van der Waals surface area contributed by atoms with Crippen LogP contribution in [0.1, 0.15) is 0 Å². The van der Waals surface area contributed by atoms with Crippen molar-refractivity contribution in [3.8, 4) is 0 Å². The van der Waals surface area contributed by atoms with Crippen LogP contribution < -0.4 is 11.1 Å². The molecule has 0 rings (SSSR count). The molecule has 0 aliphatic rings. The summed E-state index contributed by atoms with van der Waals surface area (Å²) in [6, 6.07) is -1.05. The summed E-state index contributed by atoms with van der Waals surface area (Å²) in [5, 5.41) is 38.8. The van der Waals surface area contributed by atoms with Crippen molar-refractivity contribution in [2.24, 2.45) is 5.73 Å². The Balaban J connectivity index is 3.99. The Hall–Kier alpha value is -0.240. The van der Waals surface area contributed by atoms with Gasteiger partial charge in [0.15, 0.2) is 0 Å². The van der Waals surface area contributed by atoms with E-state index in [0.717, 1.165) is 0 Å². The highest BCUT2D eigenvalue weighted by Gasteiger charge is 2.27. The molecule has 0 heterocycles. The lowest BCUT2D eigenvalue weighted by Crippen LogP contribution is -2.53. The molecule has 0 aliphatic heterocycles. The van der Waals surface area contributed by atoms with Crippen LogP contribution >= 0.6 is 0 Å². The SMILES string of the molecule is CNCC(O)C(O)C(N)C(O)CO. The average molecular weight is 194 g/mol. The van der Waals surface area contributed by atoms with Gasteiger partial charge in [-0.15, -0.1) is 0 Å².